The lowest BCUT2D eigenvalue weighted by Crippen LogP contribution is -2.09. The number of aryl methyl sites for hydroxylation is 1. The van der Waals surface area contributed by atoms with Crippen molar-refractivity contribution in [3.63, 3.8) is 0 Å². The van der Waals surface area contributed by atoms with Crippen LogP contribution in [0.3, 0.4) is 0 Å². The Bertz CT molecular complexity index is 543. The highest BCUT2D eigenvalue weighted by molar-refractivity contribution is 7.15. The summed E-state index contributed by atoms with van der Waals surface area (Å²) in [6, 6.07) is 8.47. The first-order valence-electron chi connectivity index (χ1n) is 6.53. The second-order valence-electron chi connectivity index (χ2n) is 5.06. The lowest BCUT2D eigenvalue weighted by molar-refractivity contribution is 0.811. The molecule has 3 nitrogen and oxygen atoms in total. The lowest BCUT2D eigenvalue weighted by atomic mass is 10.1. The van der Waals surface area contributed by atoms with Gasteiger partial charge in [-0.25, -0.2) is 4.98 Å². The first-order valence-corrected chi connectivity index (χ1v) is 7.34. The zero-order chi connectivity index (χ0) is 14.0. The van der Waals surface area contributed by atoms with Crippen molar-refractivity contribution in [1.29, 1.82) is 0 Å². The van der Waals surface area contributed by atoms with E-state index in [9.17, 15) is 0 Å². The van der Waals surface area contributed by atoms with Crippen molar-refractivity contribution in [2.45, 2.75) is 33.2 Å². The SMILES string of the molecule is Cc1ccc(N(C)c2nc(C(C)C)c(CN)s2)cc1. The van der Waals surface area contributed by atoms with Crippen molar-refractivity contribution in [2.24, 2.45) is 5.73 Å². The Morgan fingerprint density at radius 1 is 1.26 bits per heavy atom. The van der Waals surface area contributed by atoms with Crippen LogP contribution in [-0.4, -0.2) is 12.0 Å². The molecule has 102 valence electrons. The summed E-state index contributed by atoms with van der Waals surface area (Å²) in [4.78, 5) is 8.05. The van der Waals surface area contributed by atoms with Crippen LogP contribution >= 0.6 is 11.3 Å². The van der Waals surface area contributed by atoms with E-state index >= 15 is 0 Å². The molecule has 0 amide bonds. The van der Waals surface area contributed by atoms with Crippen LogP contribution in [0.2, 0.25) is 0 Å². The molecule has 0 saturated carbocycles. The van der Waals surface area contributed by atoms with E-state index in [0.717, 1.165) is 16.5 Å². The number of nitrogens with zero attached hydrogens (tertiary/aromatic N) is 2. The standard InChI is InChI=1S/C15H21N3S/c1-10(2)14-13(9-16)19-15(17-14)18(4)12-7-5-11(3)6-8-12/h5-8,10H,9,16H2,1-4H3. The molecule has 0 aliphatic rings. The molecule has 0 spiro atoms. The van der Waals surface area contributed by atoms with E-state index in [4.69, 9.17) is 10.7 Å². The number of thiazole rings is 1. The molecule has 0 aliphatic carbocycles. The number of benzene rings is 1. The van der Waals surface area contributed by atoms with Gasteiger partial charge in [0.1, 0.15) is 0 Å². The minimum absolute atomic E-state index is 0.412. The number of rotatable bonds is 4. The van der Waals surface area contributed by atoms with E-state index in [1.807, 2.05) is 7.05 Å². The summed E-state index contributed by atoms with van der Waals surface area (Å²) in [6.07, 6.45) is 0. The Kier molecular flexibility index (Phi) is 4.22. The molecule has 19 heavy (non-hydrogen) atoms. The van der Waals surface area contributed by atoms with E-state index in [0.29, 0.717) is 12.5 Å². The van der Waals surface area contributed by atoms with Crippen LogP contribution in [0.15, 0.2) is 24.3 Å². The van der Waals surface area contributed by atoms with Crippen LogP contribution < -0.4 is 10.6 Å². The van der Waals surface area contributed by atoms with Crippen molar-refractivity contribution in [1.82, 2.24) is 4.98 Å². The third kappa shape index (κ3) is 2.96. The monoisotopic (exact) mass is 275 g/mol. The van der Waals surface area contributed by atoms with E-state index in [1.54, 1.807) is 11.3 Å². The average Bonchev–Trinajstić information content (AvgIpc) is 2.83. The highest BCUT2D eigenvalue weighted by Crippen LogP contribution is 2.33. The quantitative estimate of drug-likeness (QED) is 0.922. The Balaban J connectivity index is 2.33. The molecule has 2 rings (SSSR count). The Hall–Kier alpha value is -1.39. The molecular weight excluding hydrogens is 254 g/mol. The van der Waals surface area contributed by atoms with Gasteiger partial charge in [0.2, 0.25) is 0 Å². The van der Waals surface area contributed by atoms with Crippen molar-refractivity contribution in [3.05, 3.63) is 40.4 Å². The minimum atomic E-state index is 0.412. The smallest absolute Gasteiger partial charge is 0.190 e. The molecule has 0 fully saturated rings. The molecule has 1 aromatic carbocycles. The fourth-order valence-corrected chi connectivity index (χ4v) is 3.05. The predicted octanol–water partition coefficient (Wildman–Crippen LogP) is 3.80. The summed E-state index contributed by atoms with van der Waals surface area (Å²) < 4.78 is 0. The third-order valence-electron chi connectivity index (χ3n) is 3.16. The summed E-state index contributed by atoms with van der Waals surface area (Å²) in [5.74, 6) is 0.412. The molecule has 1 aromatic heterocycles. The zero-order valence-electron chi connectivity index (χ0n) is 12.0. The largest absolute Gasteiger partial charge is 0.326 e. The van der Waals surface area contributed by atoms with Gasteiger partial charge in [0, 0.05) is 24.2 Å². The number of nitrogens with two attached hydrogens (primary N) is 1. The van der Waals surface area contributed by atoms with E-state index in [-0.39, 0.29) is 0 Å². The molecule has 0 bridgehead atoms. The second kappa shape index (κ2) is 5.72. The first kappa shape index (κ1) is 14.0. The normalized spacial score (nSPS) is 11.1. The van der Waals surface area contributed by atoms with Crippen molar-refractivity contribution in [2.75, 3.05) is 11.9 Å². The molecule has 2 aromatic rings. The highest BCUT2D eigenvalue weighted by Gasteiger charge is 2.16. The first-order chi connectivity index (χ1) is 9.02. The minimum Gasteiger partial charge on any atom is -0.326 e. The van der Waals surface area contributed by atoms with E-state index in [1.165, 1.54) is 10.4 Å². The van der Waals surface area contributed by atoms with Crippen molar-refractivity contribution < 1.29 is 0 Å². The number of aromatic nitrogens is 1. The molecule has 1 heterocycles. The van der Waals surface area contributed by atoms with Gasteiger partial charge >= 0.3 is 0 Å². The molecule has 0 radical (unpaired) electrons. The van der Waals surface area contributed by atoms with Gasteiger partial charge in [-0.1, -0.05) is 42.9 Å². The molecule has 2 N–H and O–H groups in total. The zero-order valence-corrected chi connectivity index (χ0v) is 12.8. The van der Waals surface area contributed by atoms with E-state index < -0.39 is 0 Å². The summed E-state index contributed by atoms with van der Waals surface area (Å²) in [7, 11) is 2.05. The third-order valence-corrected chi connectivity index (χ3v) is 4.33. The molecular formula is C15H21N3S. The van der Waals surface area contributed by atoms with Gasteiger partial charge in [-0.15, -0.1) is 0 Å². The summed E-state index contributed by atoms with van der Waals surface area (Å²) in [5.41, 5.74) is 9.36. The number of hydrogen-bond donors (Lipinski definition) is 1. The maximum atomic E-state index is 5.81. The van der Waals surface area contributed by atoms with Crippen molar-refractivity contribution >= 4 is 22.2 Å². The maximum absolute atomic E-state index is 5.81. The van der Waals surface area contributed by atoms with Crippen LogP contribution in [0.5, 0.6) is 0 Å². The van der Waals surface area contributed by atoms with Crippen LogP contribution in [0.4, 0.5) is 10.8 Å². The Morgan fingerprint density at radius 3 is 2.37 bits per heavy atom. The van der Waals surface area contributed by atoms with Gasteiger partial charge in [0.05, 0.1) is 5.69 Å². The Morgan fingerprint density at radius 2 is 1.89 bits per heavy atom. The fourth-order valence-electron chi connectivity index (χ4n) is 1.97. The predicted molar refractivity (Wildman–Crippen MR) is 83.3 cm³/mol. The molecule has 4 heteroatoms. The van der Waals surface area contributed by atoms with Gasteiger partial charge in [-0.2, -0.15) is 0 Å². The summed E-state index contributed by atoms with van der Waals surface area (Å²) in [6.45, 7) is 6.97. The van der Waals surface area contributed by atoms with Crippen LogP contribution in [0.25, 0.3) is 0 Å². The maximum Gasteiger partial charge on any atom is 0.190 e. The number of anilines is 2. The van der Waals surface area contributed by atoms with Gasteiger partial charge in [-0.05, 0) is 25.0 Å². The number of hydrogen-bond acceptors (Lipinski definition) is 4. The average molecular weight is 275 g/mol. The summed E-state index contributed by atoms with van der Waals surface area (Å²) in [5, 5.41) is 1.01. The topological polar surface area (TPSA) is 42.2 Å². The van der Waals surface area contributed by atoms with Crippen LogP contribution in [-0.2, 0) is 6.54 Å². The lowest BCUT2D eigenvalue weighted by Gasteiger charge is -2.16. The van der Waals surface area contributed by atoms with Crippen LogP contribution in [0, 0.1) is 6.92 Å². The second-order valence-corrected chi connectivity index (χ2v) is 6.12. The molecule has 0 unspecified atom stereocenters. The van der Waals surface area contributed by atoms with Gasteiger partial charge in [0.15, 0.2) is 5.13 Å². The summed E-state index contributed by atoms with van der Waals surface area (Å²) >= 11 is 1.68. The Labute approximate surface area is 119 Å². The molecule has 0 atom stereocenters. The van der Waals surface area contributed by atoms with Crippen molar-refractivity contribution in [3.8, 4) is 0 Å². The van der Waals surface area contributed by atoms with Gasteiger partial charge in [-0.3, -0.25) is 0 Å². The molecule has 0 aliphatic heterocycles. The van der Waals surface area contributed by atoms with Gasteiger partial charge in [0.25, 0.3) is 0 Å². The van der Waals surface area contributed by atoms with Gasteiger partial charge < -0.3 is 10.6 Å². The highest BCUT2D eigenvalue weighted by atomic mass is 32.1. The molecule has 0 saturated heterocycles. The fraction of sp³-hybridized carbons (Fsp3) is 0.400. The van der Waals surface area contributed by atoms with E-state index in [2.05, 4.69) is 49.9 Å². The van der Waals surface area contributed by atoms with Crippen LogP contribution in [0.1, 0.15) is 35.9 Å².